The van der Waals surface area contributed by atoms with Gasteiger partial charge < -0.3 is 15.0 Å². The zero-order valence-electron chi connectivity index (χ0n) is 31.4. The maximum Gasteiger partial charge on any atom is 0.320 e. The molecule has 1 saturated heterocycles. The second kappa shape index (κ2) is 14.7. The van der Waals surface area contributed by atoms with Crippen molar-refractivity contribution in [3.63, 3.8) is 0 Å². The maximum absolute atomic E-state index is 14.8. The van der Waals surface area contributed by atoms with Gasteiger partial charge in [0.1, 0.15) is 23.5 Å². The number of hydrogen-bond acceptors (Lipinski definition) is 9. The fourth-order valence-corrected chi connectivity index (χ4v) is 7.82. The average Bonchev–Trinajstić information content (AvgIpc) is 3.72. The van der Waals surface area contributed by atoms with Crippen LogP contribution in [-0.4, -0.2) is 57.2 Å². The lowest BCUT2D eigenvalue weighted by Gasteiger charge is -2.39. The van der Waals surface area contributed by atoms with Gasteiger partial charge in [0.2, 0.25) is 5.95 Å². The Balaban J connectivity index is 1.10. The molecule has 0 saturated carbocycles. The zero-order valence-corrected chi connectivity index (χ0v) is 32.2. The summed E-state index contributed by atoms with van der Waals surface area (Å²) < 4.78 is 53.0. The number of piperidine rings is 1. The number of rotatable bonds is 9. The smallest absolute Gasteiger partial charge is 0.320 e. The number of amides is 2. The molecular weight excluding hydrogens is 712 g/mol. The van der Waals surface area contributed by atoms with E-state index in [-0.39, 0.29) is 18.8 Å². The van der Waals surface area contributed by atoms with Crippen molar-refractivity contribution >= 4 is 33.6 Å². The molecule has 7 rings (SSSR count). The van der Waals surface area contributed by atoms with Gasteiger partial charge in [-0.05, 0) is 93.0 Å². The number of carbonyl (C=O) groups is 1. The van der Waals surface area contributed by atoms with E-state index in [4.69, 9.17) is 14.0 Å². The summed E-state index contributed by atoms with van der Waals surface area (Å²) in [5.41, 5.74) is 3.56. The number of halogens is 1. The highest BCUT2D eigenvalue weighted by molar-refractivity contribution is 7.85. The van der Waals surface area contributed by atoms with E-state index in [1.165, 1.54) is 23.2 Å². The fourth-order valence-electron chi connectivity index (χ4n) is 7.47. The van der Waals surface area contributed by atoms with Crippen molar-refractivity contribution in [3.8, 4) is 11.4 Å². The van der Waals surface area contributed by atoms with E-state index in [0.717, 1.165) is 41.8 Å². The first-order valence-electron chi connectivity index (χ1n) is 18.3. The van der Waals surface area contributed by atoms with Crippen molar-refractivity contribution in [1.29, 1.82) is 0 Å². The summed E-state index contributed by atoms with van der Waals surface area (Å²) in [7, 11) is -3.75. The Morgan fingerprint density at radius 2 is 1.70 bits per heavy atom. The predicted molar refractivity (Wildman–Crippen MR) is 204 cm³/mol. The van der Waals surface area contributed by atoms with Crippen LogP contribution in [0.2, 0.25) is 0 Å². The molecule has 4 heterocycles. The summed E-state index contributed by atoms with van der Waals surface area (Å²) in [6, 6.07) is 17.6. The number of urea groups is 1. The predicted octanol–water partition coefficient (Wildman–Crippen LogP) is 7.37. The summed E-state index contributed by atoms with van der Waals surface area (Å²) in [5.74, 6) is 1.24. The number of hydrogen-bond donors (Lipinski definition) is 2. The van der Waals surface area contributed by atoms with Crippen LogP contribution in [0.4, 0.5) is 21.0 Å². The molecular formula is C39H47FN8O5S. The van der Waals surface area contributed by atoms with E-state index in [1.807, 2.05) is 67.8 Å². The number of benzene rings is 2. The third-order valence-electron chi connectivity index (χ3n) is 10.1. The van der Waals surface area contributed by atoms with Gasteiger partial charge in [-0.25, -0.2) is 13.9 Å². The normalized spacial score (nSPS) is 20.5. The number of aromatic nitrogens is 5. The molecule has 3 aromatic heterocycles. The minimum Gasteiger partial charge on any atom is -0.484 e. The lowest BCUT2D eigenvalue weighted by atomic mass is 9.85. The molecule has 13 nitrogen and oxygen atoms in total. The minimum absolute atomic E-state index is 0.239. The van der Waals surface area contributed by atoms with E-state index in [1.54, 1.807) is 12.1 Å². The van der Waals surface area contributed by atoms with Gasteiger partial charge in [-0.3, -0.25) is 13.9 Å². The van der Waals surface area contributed by atoms with Gasteiger partial charge in [0.25, 0.3) is 10.1 Å². The van der Waals surface area contributed by atoms with Gasteiger partial charge >= 0.3 is 6.03 Å². The highest BCUT2D eigenvalue weighted by Crippen LogP contribution is 2.39. The summed E-state index contributed by atoms with van der Waals surface area (Å²) in [6.45, 7) is 10.1. The van der Waals surface area contributed by atoms with Gasteiger partial charge in [0, 0.05) is 23.6 Å². The molecule has 0 radical (unpaired) electrons. The third kappa shape index (κ3) is 8.06. The van der Waals surface area contributed by atoms with E-state index < -0.39 is 27.4 Å². The molecule has 2 N–H and O–H groups in total. The highest BCUT2D eigenvalue weighted by atomic mass is 32.2. The fraction of sp³-hybridized carbons (Fsp3) is 0.436. The average molecular weight is 759 g/mol. The molecule has 2 aliphatic rings. The summed E-state index contributed by atoms with van der Waals surface area (Å²) in [6.07, 6.45) is 7.37. The molecule has 5 aromatic rings. The molecule has 15 heteroatoms. The highest BCUT2D eigenvalue weighted by Gasteiger charge is 2.32. The molecule has 0 bridgehead atoms. The topological polar surface area (TPSA) is 145 Å². The standard InChI is InChI=1S/C39H47FN8O5S/c1-24-10-9-11-25(2)47(24)38-44-43-35-17-14-29(22-46(35)38)53-33-16-15-32(30-12-7-8-13-31(30)33)41-37(49)42-36-21-34(39(3,4)5)45-48(36)28-19-26(18-27(40)20-28)23-52-54(6,50)51/h7-8,12-14,17-22,24-25,32-33H,9-11,15-16,23H2,1-6H3,(H2,41,42,49)/t24-,25+,32?,33-/m1/s1. The van der Waals surface area contributed by atoms with E-state index in [0.29, 0.717) is 53.4 Å². The monoisotopic (exact) mass is 758 g/mol. The van der Waals surface area contributed by atoms with Crippen molar-refractivity contribution in [2.24, 2.45) is 0 Å². The molecule has 1 aliphatic carbocycles. The van der Waals surface area contributed by atoms with Crippen LogP contribution in [0.15, 0.2) is 66.9 Å². The van der Waals surface area contributed by atoms with Crippen LogP contribution >= 0.6 is 0 Å². The third-order valence-corrected chi connectivity index (χ3v) is 10.7. The molecule has 1 unspecified atom stereocenters. The van der Waals surface area contributed by atoms with Gasteiger partial charge in [-0.15, -0.1) is 10.2 Å². The van der Waals surface area contributed by atoms with Crippen molar-refractivity contribution in [2.45, 2.75) is 103 Å². The van der Waals surface area contributed by atoms with Gasteiger partial charge in [0.15, 0.2) is 5.65 Å². The molecule has 1 fully saturated rings. The zero-order chi connectivity index (χ0) is 38.4. The number of carbonyl (C=O) groups excluding carboxylic acids is 1. The quantitative estimate of drug-likeness (QED) is 0.147. The Hall–Kier alpha value is -5.02. The first-order valence-corrected chi connectivity index (χ1v) is 20.2. The number of anilines is 2. The lowest BCUT2D eigenvalue weighted by molar-refractivity contribution is 0.171. The van der Waals surface area contributed by atoms with Crippen molar-refractivity contribution in [1.82, 2.24) is 29.7 Å². The first-order chi connectivity index (χ1) is 25.6. The van der Waals surface area contributed by atoms with E-state index >= 15 is 0 Å². The van der Waals surface area contributed by atoms with Crippen LogP contribution in [0.25, 0.3) is 11.3 Å². The second-order valence-electron chi connectivity index (χ2n) is 15.5. The largest absolute Gasteiger partial charge is 0.484 e. The Labute approximate surface area is 315 Å². The number of fused-ring (bicyclic) bond motifs is 2. The SMILES string of the molecule is C[C@@H]1CCC[C@H](C)N1c1nnc2ccc(O[C@@H]3CCC(NC(=O)Nc4cc(C(C)(C)C)nn4-c4cc(F)cc(COS(C)(=O)=O)c4)c4ccccc43)cn12. The van der Waals surface area contributed by atoms with E-state index in [9.17, 15) is 17.6 Å². The van der Waals surface area contributed by atoms with Crippen LogP contribution in [-0.2, 0) is 26.3 Å². The van der Waals surface area contributed by atoms with Crippen LogP contribution in [0.3, 0.4) is 0 Å². The van der Waals surface area contributed by atoms with Gasteiger partial charge in [-0.2, -0.15) is 13.5 Å². The van der Waals surface area contributed by atoms with Crippen LogP contribution in [0, 0.1) is 5.82 Å². The Kier molecular flexibility index (Phi) is 10.1. The minimum atomic E-state index is -3.75. The van der Waals surface area contributed by atoms with E-state index in [2.05, 4.69) is 39.6 Å². The number of pyridine rings is 1. The number of ether oxygens (including phenoxy) is 1. The summed E-state index contributed by atoms with van der Waals surface area (Å²) in [4.78, 5) is 16.0. The number of nitrogens with one attached hydrogen (secondary N) is 2. The molecule has 54 heavy (non-hydrogen) atoms. The second-order valence-corrected chi connectivity index (χ2v) is 17.1. The summed E-state index contributed by atoms with van der Waals surface area (Å²) >= 11 is 0. The van der Waals surface area contributed by atoms with Crippen LogP contribution in [0.5, 0.6) is 5.75 Å². The van der Waals surface area contributed by atoms with Gasteiger partial charge in [0.05, 0.1) is 36.5 Å². The Bertz CT molecular complexity index is 2270. The van der Waals surface area contributed by atoms with Crippen molar-refractivity contribution < 1.29 is 26.5 Å². The Morgan fingerprint density at radius 1 is 0.963 bits per heavy atom. The van der Waals surface area contributed by atoms with Crippen molar-refractivity contribution in [2.75, 3.05) is 16.5 Å². The molecule has 1 aliphatic heterocycles. The summed E-state index contributed by atoms with van der Waals surface area (Å²) in [5, 5.41) is 19.8. The maximum atomic E-state index is 14.8. The molecule has 4 atom stereocenters. The first kappa shape index (κ1) is 37.3. The van der Waals surface area contributed by atoms with Crippen LogP contribution in [0.1, 0.15) is 101 Å². The van der Waals surface area contributed by atoms with Crippen LogP contribution < -0.4 is 20.3 Å². The van der Waals surface area contributed by atoms with Gasteiger partial charge in [-0.1, -0.05) is 45.0 Å². The molecule has 2 aromatic carbocycles. The molecule has 2 amide bonds. The lowest BCUT2D eigenvalue weighted by Crippen LogP contribution is -2.44. The molecule has 0 spiro atoms. The van der Waals surface area contributed by atoms with Crippen molar-refractivity contribution in [3.05, 3.63) is 95.1 Å². The number of nitrogens with zero attached hydrogens (tertiary/aromatic N) is 6. The Morgan fingerprint density at radius 3 is 2.43 bits per heavy atom. The molecule has 286 valence electrons.